The van der Waals surface area contributed by atoms with Crippen LogP contribution in [0.3, 0.4) is 0 Å². The molecular weight excluding hydrogens is 238 g/mol. The lowest BCUT2D eigenvalue weighted by atomic mass is 9.86. The molecule has 90 valence electrons. The van der Waals surface area contributed by atoms with Gasteiger partial charge in [0, 0.05) is 23.3 Å². The summed E-state index contributed by atoms with van der Waals surface area (Å²) in [4.78, 5) is 1.48. The lowest BCUT2D eigenvalue weighted by Gasteiger charge is -2.31. The van der Waals surface area contributed by atoms with E-state index in [1.54, 1.807) is 0 Å². The summed E-state index contributed by atoms with van der Waals surface area (Å²) >= 11 is 7.87. The molecule has 1 aliphatic rings. The smallest absolute Gasteiger partial charge is 0.0266 e. The fraction of sp³-hybridized carbons (Fsp3) is 0.692. The normalized spacial score (nSPS) is 25.8. The molecule has 1 aromatic rings. The Morgan fingerprint density at radius 3 is 3.00 bits per heavy atom. The largest absolute Gasteiger partial charge is 0.313 e. The highest BCUT2D eigenvalue weighted by atomic mass is 35.5. The molecule has 0 amide bonds. The molecule has 0 spiro atoms. The van der Waals surface area contributed by atoms with E-state index in [0.717, 1.165) is 18.8 Å². The van der Waals surface area contributed by atoms with Crippen LogP contribution >= 0.6 is 22.9 Å². The summed E-state index contributed by atoms with van der Waals surface area (Å²) in [6.07, 6.45) is 6.50. The Bertz CT molecular complexity index is 286. The lowest BCUT2D eigenvalue weighted by molar-refractivity contribution is 0.285. The number of nitrogens with one attached hydrogen (secondary N) is 1. The molecule has 0 bridgehead atoms. The van der Waals surface area contributed by atoms with Gasteiger partial charge in [0.25, 0.3) is 0 Å². The Kier molecular flexibility index (Phi) is 5.14. The molecule has 1 nitrogen and oxygen atoms in total. The van der Waals surface area contributed by atoms with Gasteiger partial charge in [0.15, 0.2) is 0 Å². The molecule has 3 heteroatoms. The Morgan fingerprint density at radius 2 is 2.25 bits per heavy atom. The number of halogens is 1. The van der Waals surface area contributed by atoms with Gasteiger partial charge >= 0.3 is 0 Å². The number of hydrogen-bond acceptors (Lipinski definition) is 2. The molecule has 16 heavy (non-hydrogen) atoms. The van der Waals surface area contributed by atoms with E-state index < -0.39 is 0 Å². The average molecular weight is 258 g/mol. The first-order valence-corrected chi connectivity index (χ1v) is 7.63. The van der Waals surface area contributed by atoms with E-state index in [1.165, 1.54) is 30.6 Å². The third-order valence-electron chi connectivity index (χ3n) is 3.47. The summed E-state index contributed by atoms with van der Waals surface area (Å²) in [6.45, 7) is 1.10. The van der Waals surface area contributed by atoms with E-state index >= 15 is 0 Å². The number of rotatable bonds is 5. The minimum atomic E-state index is 0.659. The second-order valence-corrected chi connectivity index (χ2v) is 5.93. The maximum Gasteiger partial charge on any atom is 0.0266 e. The van der Waals surface area contributed by atoms with Crippen molar-refractivity contribution in [2.45, 2.75) is 38.1 Å². The zero-order chi connectivity index (χ0) is 11.2. The van der Waals surface area contributed by atoms with Crippen LogP contribution in [0.5, 0.6) is 0 Å². The summed E-state index contributed by atoms with van der Waals surface area (Å²) in [6, 6.07) is 5.00. The molecular formula is C13H20ClNS. The minimum Gasteiger partial charge on any atom is -0.313 e. The van der Waals surface area contributed by atoms with Crippen LogP contribution in [-0.4, -0.2) is 18.5 Å². The third kappa shape index (κ3) is 3.47. The molecule has 0 radical (unpaired) electrons. The van der Waals surface area contributed by atoms with Crippen molar-refractivity contribution in [1.29, 1.82) is 0 Å². The fourth-order valence-electron chi connectivity index (χ4n) is 2.50. The topological polar surface area (TPSA) is 12.0 Å². The summed E-state index contributed by atoms with van der Waals surface area (Å²) in [7, 11) is 0. The van der Waals surface area contributed by atoms with E-state index in [1.807, 2.05) is 11.3 Å². The van der Waals surface area contributed by atoms with Gasteiger partial charge in [-0.15, -0.1) is 22.9 Å². The number of alkyl halides is 1. The van der Waals surface area contributed by atoms with Gasteiger partial charge in [0.2, 0.25) is 0 Å². The highest BCUT2D eigenvalue weighted by molar-refractivity contribution is 7.09. The van der Waals surface area contributed by atoms with Crippen molar-refractivity contribution in [3.8, 4) is 0 Å². The SMILES string of the molecule is ClCC1CCCCC1NCCc1cccs1. The van der Waals surface area contributed by atoms with Crippen molar-refractivity contribution in [2.75, 3.05) is 12.4 Å². The van der Waals surface area contributed by atoms with Gasteiger partial charge in [-0.3, -0.25) is 0 Å². The maximum atomic E-state index is 6.02. The Labute approximate surface area is 107 Å². The van der Waals surface area contributed by atoms with Crippen molar-refractivity contribution in [3.63, 3.8) is 0 Å². The second-order valence-electron chi connectivity index (χ2n) is 4.59. The van der Waals surface area contributed by atoms with Crippen LogP contribution in [0.25, 0.3) is 0 Å². The minimum absolute atomic E-state index is 0.659. The average Bonchev–Trinajstić information content (AvgIpc) is 2.83. The van der Waals surface area contributed by atoms with Gasteiger partial charge < -0.3 is 5.32 Å². The zero-order valence-electron chi connectivity index (χ0n) is 9.62. The lowest BCUT2D eigenvalue weighted by Crippen LogP contribution is -2.40. The van der Waals surface area contributed by atoms with Crippen molar-refractivity contribution < 1.29 is 0 Å². The molecule has 2 atom stereocenters. The zero-order valence-corrected chi connectivity index (χ0v) is 11.2. The van der Waals surface area contributed by atoms with Gasteiger partial charge in [0.05, 0.1) is 0 Å². The summed E-state index contributed by atoms with van der Waals surface area (Å²) < 4.78 is 0. The monoisotopic (exact) mass is 257 g/mol. The van der Waals surface area contributed by atoms with E-state index in [2.05, 4.69) is 22.8 Å². The van der Waals surface area contributed by atoms with Crippen LogP contribution in [0.1, 0.15) is 30.6 Å². The standard InChI is InChI=1S/C13H20ClNS/c14-10-11-4-1-2-6-13(11)15-8-7-12-5-3-9-16-12/h3,5,9,11,13,15H,1-2,4,6-8,10H2. The van der Waals surface area contributed by atoms with E-state index in [9.17, 15) is 0 Å². The first-order valence-electron chi connectivity index (χ1n) is 6.22. The molecule has 1 N–H and O–H groups in total. The molecule has 0 aromatic carbocycles. The van der Waals surface area contributed by atoms with Crippen LogP contribution in [0.15, 0.2) is 17.5 Å². The Hall–Kier alpha value is -0.0500. The maximum absolute atomic E-state index is 6.02. The van der Waals surface area contributed by atoms with Gasteiger partial charge in [-0.2, -0.15) is 0 Å². The molecule has 1 aromatic heterocycles. The first-order chi connectivity index (χ1) is 7.90. The molecule has 1 aliphatic carbocycles. The van der Waals surface area contributed by atoms with Crippen LogP contribution in [0.4, 0.5) is 0 Å². The van der Waals surface area contributed by atoms with Crippen LogP contribution in [-0.2, 0) is 6.42 Å². The molecule has 0 saturated heterocycles. The molecule has 2 rings (SSSR count). The Morgan fingerprint density at radius 1 is 1.38 bits per heavy atom. The Balaban J connectivity index is 1.71. The van der Waals surface area contributed by atoms with Crippen LogP contribution in [0.2, 0.25) is 0 Å². The predicted octanol–water partition coefficient (Wildman–Crippen LogP) is 3.68. The second kappa shape index (κ2) is 6.63. The number of thiophene rings is 1. The van der Waals surface area contributed by atoms with Crippen LogP contribution < -0.4 is 5.32 Å². The predicted molar refractivity (Wildman–Crippen MR) is 72.5 cm³/mol. The quantitative estimate of drug-likeness (QED) is 0.794. The summed E-state index contributed by atoms with van der Waals surface area (Å²) in [5, 5.41) is 5.83. The molecule has 1 heterocycles. The van der Waals surface area contributed by atoms with Crippen molar-refractivity contribution in [1.82, 2.24) is 5.32 Å². The van der Waals surface area contributed by atoms with Crippen molar-refractivity contribution in [2.24, 2.45) is 5.92 Å². The van der Waals surface area contributed by atoms with Gasteiger partial charge in [-0.25, -0.2) is 0 Å². The molecule has 1 fully saturated rings. The van der Waals surface area contributed by atoms with E-state index in [0.29, 0.717) is 12.0 Å². The van der Waals surface area contributed by atoms with E-state index in [4.69, 9.17) is 11.6 Å². The van der Waals surface area contributed by atoms with Crippen LogP contribution in [0, 0.1) is 5.92 Å². The van der Waals surface area contributed by atoms with Gasteiger partial charge in [-0.1, -0.05) is 18.9 Å². The number of hydrogen-bond donors (Lipinski definition) is 1. The van der Waals surface area contributed by atoms with Crippen molar-refractivity contribution >= 4 is 22.9 Å². The highest BCUT2D eigenvalue weighted by Crippen LogP contribution is 2.25. The fourth-order valence-corrected chi connectivity index (χ4v) is 3.58. The molecule has 2 unspecified atom stereocenters. The summed E-state index contributed by atoms with van der Waals surface area (Å²) in [5.74, 6) is 1.51. The third-order valence-corrected chi connectivity index (χ3v) is 4.80. The molecule has 0 aliphatic heterocycles. The van der Waals surface area contributed by atoms with E-state index in [-0.39, 0.29) is 0 Å². The summed E-state index contributed by atoms with van der Waals surface area (Å²) in [5.41, 5.74) is 0. The highest BCUT2D eigenvalue weighted by Gasteiger charge is 2.23. The van der Waals surface area contributed by atoms with Gasteiger partial charge in [-0.05, 0) is 36.6 Å². The van der Waals surface area contributed by atoms with Crippen molar-refractivity contribution in [3.05, 3.63) is 22.4 Å². The van der Waals surface area contributed by atoms with Gasteiger partial charge in [0.1, 0.15) is 0 Å². The first kappa shape index (κ1) is 12.4. The molecule has 1 saturated carbocycles.